The fourth-order valence-corrected chi connectivity index (χ4v) is 3.69. The number of thioether (sulfide) groups is 1. The molecule has 1 aliphatic heterocycles. The van der Waals surface area contributed by atoms with Crippen molar-refractivity contribution >= 4 is 39.0 Å². The van der Waals surface area contributed by atoms with Gasteiger partial charge in [0.1, 0.15) is 11.4 Å². The van der Waals surface area contributed by atoms with Gasteiger partial charge in [-0.25, -0.2) is 9.18 Å². The summed E-state index contributed by atoms with van der Waals surface area (Å²) in [5, 5.41) is 3.21. The van der Waals surface area contributed by atoms with Gasteiger partial charge >= 0.3 is 6.09 Å². The molecule has 1 N–H and O–H groups in total. The van der Waals surface area contributed by atoms with E-state index in [0.29, 0.717) is 16.2 Å². The third kappa shape index (κ3) is 4.94. The summed E-state index contributed by atoms with van der Waals surface area (Å²) in [6.07, 6.45) is 0.281. The zero-order valence-corrected chi connectivity index (χ0v) is 16.0. The smallest absolute Gasteiger partial charge is 0.413 e. The Hall–Kier alpha value is -1.08. The number of halogens is 2. The molecule has 0 radical (unpaired) electrons. The topological polar surface area (TPSA) is 50.7 Å². The summed E-state index contributed by atoms with van der Waals surface area (Å²) in [5.41, 5.74) is 0.420. The van der Waals surface area contributed by atoms with Crippen molar-refractivity contribution < 1.29 is 13.9 Å². The minimum Gasteiger partial charge on any atom is -0.444 e. The Labute approximate surface area is 148 Å². The van der Waals surface area contributed by atoms with Gasteiger partial charge in [-0.2, -0.15) is 0 Å². The fraction of sp³-hybridized carbons (Fsp3) is 0.500. The highest BCUT2D eigenvalue weighted by Crippen LogP contribution is 2.43. The van der Waals surface area contributed by atoms with E-state index in [2.05, 4.69) is 33.2 Å². The van der Waals surface area contributed by atoms with Crippen molar-refractivity contribution in [3.63, 3.8) is 0 Å². The first-order chi connectivity index (χ1) is 10.6. The number of benzene rings is 1. The van der Waals surface area contributed by atoms with Gasteiger partial charge in [0.05, 0.1) is 4.47 Å². The van der Waals surface area contributed by atoms with Gasteiger partial charge in [0, 0.05) is 11.3 Å². The van der Waals surface area contributed by atoms with E-state index in [-0.39, 0.29) is 10.6 Å². The number of hydrogen-bond acceptors (Lipinski definition) is 4. The standard InChI is InChI=1S/C16H20BrFN2O2S/c1-15(2,3)22-14(21)20-13-19-8-7-16(4,23-13)10-5-6-12(18)11(17)9-10/h5-6,9H,7-8H2,1-4H3,(H,19,20,21)/t16-/m0/s1. The number of carbonyl (C=O) groups excluding carboxylic acids is 1. The van der Waals surface area contributed by atoms with Crippen molar-refractivity contribution in [1.82, 2.24) is 5.32 Å². The van der Waals surface area contributed by atoms with Crippen molar-refractivity contribution in [3.8, 4) is 0 Å². The van der Waals surface area contributed by atoms with E-state index in [1.165, 1.54) is 17.8 Å². The number of ether oxygens (including phenoxy) is 1. The SMILES string of the molecule is CC(C)(C)OC(=O)NC1=NCC[C@@](C)(c2ccc(F)c(Br)c2)S1. The first kappa shape index (κ1) is 18.3. The molecular weight excluding hydrogens is 383 g/mol. The van der Waals surface area contributed by atoms with E-state index in [4.69, 9.17) is 4.74 Å². The molecule has 0 fully saturated rings. The van der Waals surface area contributed by atoms with Crippen molar-refractivity contribution in [2.45, 2.75) is 44.5 Å². The maximum Gasteiger partial charge on any atom is 0.413 e. The third-order valence-corrected chi connectivity index (χ3v) is 5.23. The van der Waals surface area contributed by atoms with Crippen molar-refractivity contribution in [2.75, 3.05) is 6.54 Å². The second-order valence-electron chi connectivity index (χ2n) is 6.53. The molecule has 1 aliphatic rings. The lowest BCUT2D eigenvalue weighted by Gasteiger charge is -2.33. The van der Waals surface area contributed by atoms with Crippen LogP contribution in [-0.4, -0.2) is 23.4 Å². The first-order valence-electron chi connectivity index (χ1n) is 7.28. The predicted molar refractivity (Wildman–Crippen MR) is 95.3 cm³/mol. The van der Waals surface area contributed by atoms with Crippen molar-refractivity contribution in [1.29, 1.82) is 0 Å². The average Bonchev–Trinajstić information content (AvgIpc) is 2.39. The number of amides is 1. The van der Waals surface area contributed by atoms with Crippen molar-refractivity contribution in [2.24, 2.45) is 4.99 Å². The Kier molecular flexibility index (Phi) is 5.41. The molecular formula is C16H20BrFN2O2S. The second-order valence-corrected chi connectivity index (χ2v) is 8.87. The number of hydrogen-bond donors (Lipinski definition) is 1. The van der Waals surface area contributed by atoms with Crippen molar-refractivity contribution in [3.05, 3.63) is 34.1 Å². The van der Waals surface area contributed by atoms with Crippen LogP contribution in [0.15, 0.2) is 27.7 Å². The highest BCUT2D eigenvalue weighted by Gasteiger charge is 2.33. The van der Waals surface area contributed by atoms with E-state index >= 15 is 0 Å². The molecule has 1 aromatic rings. The molecule has 1 amide bonds. The minimum atomic E-state index is -0.560. The Morgan fingerprint density at radius 1 is 1.48 bits per heavy atom. The van der Waals surface area contributed by atoms with Crippen LogP contribution in [0, 0.1) is 5.82 Å². The van der Waals surface area contributed by atoms with E-state index in [9.17, 15) is 9.18 Å². The van der Waals surface area contributed by atoms with Crippen LogP contribution in [-0.2, 0) is 9.48 Å². The summed E-state index contributed by atoms with van der Waals surface area (Å²) in [4.78, 5) is 16.2. The largest absolute Gasteiger partial charge is 0.444 e. The van der Waals surface area contributed by atoms with Crippen LogP contribution >= 0.6 is 27.7 Å². The normalized spacial score (nSPS) is 21.6. The number of aliphatic imine (C=N–C) groups is 1. The van der Waals surface area contributed by atoms with Gasteiger partial charge in [-0.15, -0.1) is 0 Å². The van der Waals surface area contributed by atoms with Gasteiger partial charge < -0.3 is 4.74 Å². The number of carbonyl (C=O) groups is 1. The monoisotopic (exact) mass is 402 g/mol. The second kappa shape index (κ2) is 6.81. The lowest BCUT2D eigenvalue weighted by Crippen LogP contribution is -2.38. The lowest BCUT2D eigenvalue weighted by atomic mass is 9.96. The number of nitrogens with zero attached hydrogens (tertiary/aromatic N) is 1. The summed E-state index contributed by atoms with van der Waals surface area (Å²) in [7, 11) is 0. The summed E-state index contributed by atoms with van der Waals surface area (Å²) in [6, 6.07) is 4.99. The molecule has 0 saturated carbocycles. The summed E-state index contributed by atoms with van der Waals surface area (Å²) < 4.78 is 18.8. The molecule has 1 heterocycles. The predicted octanol–water partition coefficient (Wildman–Crippen LogP) is 4.82. The fourth-order valence-electron chi connectivity index (χ4n) is 2.15. The lowest BCUT2D eigenvalue weighted by molar-refractivity contribution is 0.0564. The van der Waals surface area contributed by atoms with Crippen LogP contribution in [0.1, 0.15) is 39.7 Å². The van der Waals surface area contributed by atoms with Crippen LogP contribution in [0.3, 0.4) is 0 Å². The molecule has 0 spiro atoms. The molecule has 23 heavy (non-hydrogen) atoms. The zero-order chi connectivity index (χ0) is 17.3. The Balaban J connectivity index is 2.11. The minimum absolute atomic E-state index is 0.289. The third-order valence-electron chi connectivity index (χ3n) is 3.30. The molecule has 126 valence electrons. The van der Waals surface area contributed by atoms with Gasteiger partial charge in [-0.3, -0.25) is 10.3 Å². The maximum absolute atomic E-state index is 13.4. The average molecular weight is 403 g/mol. The first-order valence-corrected chi connectivity index (χ1v) is 8.89. The van der Waals surface area contributed by atoms with Gasteiger partial charge in [-0.05, 0) is 67.7 Å². The summed E-state index contributed by atoms with van der Waals surface area (Å²) in [6.45, 7) is 8.07. The van der Waals surface area contributed by atoms with E-state index < -0.39 is 11.7 Å². The molecule has 0 bridgehead atoms. The molecule has 0 aliphatic carbocycles. The molecule has 1 aromatic carbocycles. The molecule has 0 unspecified atom stereocenters. The molecule has 0 aromatic heterocycles. The van der Waals surface area contributed by atoms with Gasteiger partial charge in [-0.1, -0.05) is 17.8 Å². The number of rotatable bonds is 1. The quantitative estimate of drug-likeness (QED) is 0.732. The molecule has 7 heteroatoms. The van der Waals surface area contributed by atoms with Crippen LogP contribution in [0.5, 0.6) is 0 Å². The highest BCUT2D eigenvalue weighted by atomic mass is 79.9. The van der Waals surface area contributed by atoms with Crippen LogP contribution in [0.4, 0.5) is 9.18 Å². The molecule has 4 nitrogen and oxygen atoms in total. The van der Waals surface area contributed by atoms with E-state index in [1.807, 2.05) is 20.8 Å². The van der Waals surface area contributed by atoms with Crippen LogP contribution in [0.25, 0.3) is 0 Å². The van der Waals surface area contributed by atoms with Crippen LogP contribution in [0.2, 0.25) is 0 Å². The summed E-state index contributed by atoms with van der Waals surface area (Å²) >= 11 is 4.67. The van der Waals surface area contributed by atoms with Crippen LogP contribution < -0.4 is 5.32 Å². The number of amidine groups is 1. The Morgan fingerprint density at radius 3 is 2.78 bits per heavy atom. The number of alkyl carbamates (subject to hydrolysis) is 1. The van der Waals surface area contributed by atoms with E-state index in [1.54, 1.807) is 12.1 Å². The number of nitrogens with one attached hydrogen (secondary N) is 1. The molecule has 0 saturated heterocycles. The molecule has 2 rings (SSSR count). The van der Waals surface area contributed by atoms with Gasteiger partial charge in [0.2, 0.25) is 0 Å². The van der Waals surface area contributed by atoms with Gasteiger partial charge in [0.15, 0.2) is 5.17 Å². The molecule has 1 atom stereocenters. The van der Waals surface area contributed by atoms with Gasteiger partial charge in [0.25, 0.3) is 0 Å². The zero-order valence-electron chi connectivity index (χ0n) is 13.6. The summed E-state index contributed by atoms with van der Waals surface area (Å²) in [5.74, 6) is -0.293. The Morgan fingerprint density at radius 2 is 2.17 bits per heavy atom. The highest BCUT2D eigenvalue weighted by molar-refractivity contribution is 9.10. The Bertz CT molecular complexity index is 645. The maximum atomic E-state index is 13.4. The van der Waals surface area contributed by atoms with E-state index in [0.717, 1.165) is 12.0 Å².